The Morgan fingerprint density at radius 2 is 1.95 bits per heavy atom. The summed E-state index contributed by atoms with van der Waals surface area (Å²) in [5.74, 6) is 1.17. The maximum atomic E-state index is 12.4. The van der Waals surface area contributed by atoms with Gasteiger partial charge in [0.1, 0.15) is 0 Å². The minimum Gasteiger partial charge on any atom is -0.310 e. The molecule has 0 bridgehead atoms. The number of rotatable bonds is 7. The van der Waals surface area contributed by atoms with Crippen molar-refractivity contribution in [1.82, 2.24) is 10.0 Å². The summed E-state index contributed by atoms with van der Waals surface area (Å²) in [5.41, 5.74) is 0.857. The molecular formula is C15H22N2O2S. The lowest BCUT2D eigenvalue weighted by Crippen LogP contribution is -2.28. The molecule has 2 atom stereocenters. The second-order valence-corrected chi connectivity index (χ2v) is 7.82. The molecule has 20 heavy (non-hydrogen) atoms. The van der Waals surface area contributed by atoms with Crippen molar-refractivity contribution in [2.75, 3.05) is 6.54 Å². The molecule has 0 radical (unpaired) electrons. The van der Waals surface area contributed by atoms with E-state index < -0.39 is 10.0 Å². The monoisotopic (exact) mass is 294 g/mol. The molecule has 1 aromatic carbocycles. The summed E-state index contributed by atoms with van der Waals surface area (Å²) >= 11 is 0. The van der Waals surface area contributed by atoms with Crippen LogP contribution in [0, 0.1) is 11.8 Å². The van der Waals surface area contributed by atoms with Gasteiger partial charge in [-0.15, -0.1) is 0 Å². The van der Waals surface area contributed by atoms with E-state index in [0.717, 1.165) is 12.0 Å². The third-order valence-corrected chi connectivity index (χ3v) is 5.76. The molecule has 110 valence electrons. The van der Waals surface area contributed by atoms with Gasteiger partial charge >= 0.3 is 0 Å². The SMILES string of the molecule is CC1CC1CNS(=O)(=O)c1ccccc1CNC1CC1. The zero-order valence-electron chi connectivity index (χ0n) is 11.8. The van der Waals surface area contributed by atoms with Gasteiger partial charge in [-0.05, 0) is 42.7 Å². The van der Waals surface area contributed by atoms with Gasteiger partial charge in [-0.1, -0.05) is 25.1 Å². The predicted molar refractivity (Wildman–Crippen MR) is 78.8 cm³/mol. The summed E-state index contributed by atoms with van der Waals surface area (Å²) in [4.78, 5) is 0.418. The van der Waals surface area contributed by atoms with Gasteiger partial charge in [-0.3, -0.25) is 0 Å². The molecule has 0 heterocycles. The van der Waals surface area contributed by atoms with E-state index in [1.165, 1.54) is 12.8 Å². The highest BCUT2D eigenvalue weighted by atomic mass is 32.2. The molecule has 2 aliphatic carbocycles. The molecule has 4 nitrogen and oxygen atoms in total. The molecule has 2 saturated carbocycles. The Labute approximate surface area is 121 Å². The molecule has 0 aromatic heterocycles. The van der Waals surface area contributed by atoms with Crippen molar-refractivity contribution in [3.8, 4) is 0 Å². The van der Waals surface area contributed by atoms with Crippen LogP contribution in [0.1, 0.15) is 31.7 Å². The molecule has 0 spiro atoms. The molecule has 0 amide bonds. The fourth-order valence-electron chi connectivity index (χ4n) is 2.43. The van der Waals surface area contributed by atoms with E-state index in [9.17, 15) is 8.42 Å². The minimum absolute atomic E-state index is 0.418. The Kier molecular flexibility index (Phi) is 3.84. The van der Waals surface area contributed by atoms with Crippen LogP contribution in [0.2, 0.25) is 0 Å². The Bertz CT molecular complexity index is 581. The van der Waals surface area contributed by atoms with E-state index in [1.54, 1.807) is 12.1 Å². The lowest BCUT2D eigenvalue weighted by Gasteiger charge is -2.12. The molecule has 0 saturated heterocycles. The average molecular weight is 294 g/mol. The quantitative estimate of drug-likeness (QED) is 0.807. The number of benzene rings is 1. The van der Waals surface area contributed by atoms with Crippen LogP contribution >= 0.6 is 0 Å². The summed E-state index contributed by atoms with van der Waals surface area (Å²) in [6, 6.07) is 7.85. The third-order valence-electron chi connectivity index (χ3n) is 4.23. The van der Waals surface area contributed by atoms with Crippen LogP contribution in [-0.4, -0.2) is 21.0 Å². The highest BCUT2D eigenvalue weighted by Crippen LogP contribution is 2.37. The fourth-order valence-corrected chi connectivity index (χ4v) is 3.76. The zero-order valence-corrected chi connectivity index (χ0v) is 12.6. The first kappa shape index (κ1) is 14.0. The maximum Gasteiger partial charge on any atom is 0.240 e. The van der Waals surface area contributed by atoms with Crippen LogP contribution in [0.3, 0.4) is 0 Å². The van der Waals surface area contributed by atoms with E-state index in [2.05, 4.69) is 17.0 Å². The summed E-state index contributed by atoms with van der Waals surface area (Å²) in [5, 5.41) is 3.38. The van der Waals surface area contributed by atoms with Gasteiger partial charge in [0.15, 0.2) is 0 Å². The van der Waals surface area contributed by atoms with Gasteiger partial charge in [0.05, 0.1) is 4.90 Å². The first-order valence-corrected chi connectivity index (χ1v) is 8.85. The van der Waals surface area contributed by atoms with Crippen molar-refractivity contribution in [1.29, 1.82) is 0 Å². The fraction of sp³-hybridized carbons (Fsp3) is 0.600. The second kappa shape index (κ2) is 5.47. The molecule has 5 heteroatoms. The summed E-state index contributed by atoms with van der Waals surface area (Å²) in [6.07, 6.45) is 3.53. The van der Waals surface area contributed by atoms with Gasteiger partial charge < -0.3 is 5.32 Å². The standard InChI is InChI=1S/C15H22N2O2S/c1-11-8-13(11)10-17-20(18,19)15-5-3-2-4-12(15)9-16-14-6-7-14/h2-5,11,13-14,16-17H,6-10H2,1H3. The third kappa shape index (κ3) is 3.40. The van der Waals surface area contributed by atoms with E-state index in [4.69, 9.17) is 0 Å². The van der Waals surface area contributed by atoms with Gasteiger partial charge in [0, 0.05) is 19.1 Å². The molecule has 3 rings (SSSR count). The minimum atomic E-state index is -3.39. The van der Waals surface area contributed by atoms with Crippen LogP contribution in [-0.2, 0) is 16.6 Å². The zero-order chi connectivity index (χ0) is 14.2. The van der Waals surface area contributed by atoms with Gasteiger partial charge in [-0.2, -0.15) is 0 Å². The summed E-state index contributed by atoms with van der Waals surface area (Å²) in [6.45, 7) is 3.35. The Balaban J connectivity index is 1.69. The van der Waals surface area contributed by atoms with Crippen molar-refractivity contribution in [2.45, 2.75) is 43.7 Å². The number of hydrogen-bond acceptors (Lipinski definition) is 3. The predicted octanol–water partition coefficient (Wildman–Crippen LogP) is 1.87. The lowest BCUT2D eigenvalue weighted by atomic mass is 10.2. The Morgan fingerprint density at radius 1 is 1.25 bits per heavy atom. The molecule has 2 N–H and O–H groups in total. The normalized spacial score (nSPS) is 25.6. The summed E-state index contributed by atoms with van der Waals surface area (Å²) in [7, 11) is -3.39. The second-order valence-electron chi connectivity index (χ2n) is 6.09. The van der Waals surface area contributed by atoms with E-state index >= 15 is 0 Å². The molecule has 0 aliphatic heterocycles. The highest BCUT2D eigenvalue weighted by molar-refractivity contribution is 7.89. The van der Waals surface area contributed by atoms with Gasteiger partial charge in [-0.25, -0.2) is 13.1 Å². The van der Waals surface area contributed by atoms with Crippen molar-refractivity contribution in [3.05, 3.63) is 29.8 Å². The molecule has 2 fully saturated rings. The molecule has 2 aliphatic rings. The van der Waals surface area contributed by atoms with Crippen molar-refractivity contribution >= 4 is 10.0 Å². The van der Waals surface area contributed by atoms with Crippen molar-refractivity contribution in [3.63, 3.8) is 0 Å². The topological polar surface area (TPSA) is 58.2 Å². The van der Waals surface area contributed by atoms with Crippen LogP contribution < -0.4 is 10.0 Å². The number of nitrogens with one attached hydrogen (secondary N) is 2. The number of sulfonamides is 1. The highest BCUT2D eigenvalue weighted by Gasteiger charge is 2.33. The lowest BCUT2D eigenvalue weighted by molar-refractivity contribution is 0.571. The van der Waals surface area contributed by atoms with Crippen molar-refractivity contribution in [2.24, 2.45) is 11.8 Å². The van der Waals surface area contributed by atoms with E-state index in [0.29, 0.717) is 35.9 Å². The molecule has 1 aromatic rings. The Morgan fingerprint density at radius 3 is 2.60 bits per heavy atom. The molecule has 2 unspecified atom stereocenters. The van der Waals surface area contributed by atoms with Gasteiger partial charge in [0.2, 0.25) is 10.0 Å². The van der Waals surface area contributed by atoms with E-state index in [-0.39, 0.29) is 0 Å². The average Bonchev–Trinajstić information content (AvgIpc) is 3.32. The van der Waals surface area contributed by atoms with Crippen LogP contribution in [0.4, 0.5) is 0 Å². The largest absolute Gasteiger partial charge is 0.310 e. The molecular weight excluding hydrogens is 272 g/mol. The number of hydrogen-bond donors (Lipinski definition) is 2. The first-order valence-electron chi connectivity index (χ1n) is 7.37. The van der Waals surface area contributed by atoms with Crippen LogP contribution in [0.5, 0.6) is 0 Å². The summed E-state index contributed by atoms with van der Waals surface area (Å²) < 4.78 is 27.6. The first-order chi connectivity index (χ1) is 9.56. The van der Waals surface area contributed by atoms with Crippen molar-refractivity contribution < 1.29 is 8.42 Å². The van der Waals surface area contributed by atoms with E-state index in [1.807, 2.05) is 12.1 Å². The van der Waals surface area contributed by atoms with Crippen LogP contribution in [0.15, 0.2) is 29.2 Å². The Hall–Kier alpha value is -0.910. The smallest absolute Gasteiger partial charge is 0.240 e. The maximum absolute atomic E-state index is 12.4. The van der Waals surface area contributed by atoms with Gasteiger partial charge in [0.25, 0.3) is 0 Å². The van der Waals surface area contributed by atoms with Crippen LogP contribution in [0.25, 0.3) is 0 Å².